The molecule has 0 saturated heterocycles. The molecule has 0 aliphatic carbocycles. The van der Waals surface area contributed by atoms with Gasteiger partial charge in [-0.25, -0.2) is 0 Å². The molecule has 0 aromatic heterocycles. The van der Waals surface area contributed by atoms with E-state index in [2.05, 4.69) is 19.2 Å². The van der Waals surface area contributed by atoms with E-state index in [4.69, 9.17) is 9.47 Å². The Hall–Kier alpha value is -0.160. The second kappa shape index (κ2) is 10.0. The molecule has 4 nitrogen and oxygen atoms in total. The zero-order valence-corrected chi connectivity index (χ0v) is 11.0. The van der Waals surface area contributed by atoms with Gasteiger partial charge in [-0.05, 0) is 26.2 Å². The van der Waals surface area contributed by atoms with Crippen LogP contribution in [0.15, 0.2) is 0 Å². The zero-order valence-electron chi connectivity index (χ0n) is 11.0. The van der Waals surface area contributed by atoms with Crippen molar-refractivity contribution in [3.05, 3.63) is 0 Å². The van der Waals surface area contributed by atoms with E-state index in [0.29, 0.717) is 25.7 Å². The first-order valence-corrected chi connectivity index (χ1v) is 6.21. The Labute approximate surface area is 99.3 Å². The van der Waals surface area contributed by atoms with Crippen LogP contribution in [0.5, 0.6) is 0 Å². The molecule has 0 radical (unpaired) electrons. The van der Waals surface area contributed by atoms with E-state index < -0.39 is 0 Å². The molecule has 0 heterocycles. The Morgan fingerprint density at radius 3 is 2.06 bits per heavy atom. The highest BCUT2D eigenvalue weighted by Crippen LogP contribution is 2.04. The third-order valence-corrected chi connectivity index (χ3v) is 2.25. The van der Waals surface area contributed by atoms with Crippen LogP contribution in [0.1, 0.15) is 34.1 Å². The number of ether oxygens (including phenoxy) is 2. The number of hydrogen-bond acceptors (Lipinski definition) is 4. The molecule has 2 N–H and O–H groups in total. The minimum atomic E-state index is -0.212. The highest BCUT2D eigenvalue weighted by atomic mass is 16.7. The fourth-order valence-electron chi connectivity index (χ4n) is 1.59. The van der Waals surface area contributed by atoms with E-state index in [1.807, 2.05) is 13.8 Å². The van der Waals surface area contributed by atoms with Gasteiger partial charge in [-0.15, -0.1) is 0 Å². The van der Waals surface area contributed by atoms with Crippen LogP contribution in [0.25, 0.3) is 0 Å². The highest BCUT2D eigenvalue weighted by molar-refractivity contribution is 4.68. The molecule has 0 aromatic carbocycles. The molecule has 0 aliphatic rings. The summed E-state index contributed by atoms with van der Waals surface area (Å²) in [5.74, 6) is 0.572. The molecular formula is C12H27NO3. The maximum atomic E-state index is 9.20. The Balaban J connectivity index is 3.85. The van der Waals surface area contributed by atoms with Gasteiger partial charge in [-0.2, -0.15) is 0 Å². The number of aliphatic hydroxyl groups is 1. The fraction of sp³-hybridized carbons (Fsp3) is 1.00. The summed E-state index contributed by atoms with van der Waals surface area (Å²) in [7, 11) is 0. The summed E-state index contributed by atoms with van der Waals surface area (Å²) < 4.78 is 10.8. The van der Waals surface area contributed by atoms with Crippen molar-refractivity contribution in [2.45, 2.75) is 46.4 Å². The van der Waals surface area contributed by atoms with Crippen LogP contribution in [0.4, 0.5) is 0 Å². The van der Waals surface area contributed by atoms with Crippen molar-refractivity contribution in [3.8, 4) is 0 Å². The third-order valence-electron chi connectivity index (χ3n) is 2.25. The normalized spacial score (nSPS) is 13.7. The van der Waals surface area contributed by atoms with Crippen molar-refractivity contribution in [1.29, 1.82) is 0 Å². The Kier molecular flexibility index (Phi) is 9.92. The lowest BCUT2D eigenvalue weighted by Crippen LogP contribution is -2.40. The van der Waals surface area contributed by atoms with Crippen molar-refractivity contribution in [2.75, 3.05) is 26.4 Å². The maximum absolute atomic E-state index is 9.20. The summed E-state index contributed by atoms with van der Waals surface area (Å²) in [6.07, 6.45) is 0.748. The van der Waals surface area contributed by atoms with Crippen molar-refractivity contribution < 1.29 is 14.6 Å². The average molecular weight is 233 g/mol. The standard InChI is InChI=1S/C12H27NO3/c1-5-15-12(16-6-2)8-13-11(9-14)7-10(3)4/h10-14H,5-9H2,1-4H3. The van der Waals surface area contributed by atoms with Gasteiger partial charge in [0.1, 0.15) is 0 Å². The summed E-state index contributed by atoms with van der Waals surface area (Å²) in [4.78, 5) is 0. The van der Waals surface area contributed by atoms with Crippen LogP contribution in [-0.2, 0) is 9.47 Å². The van der Waals surface area contributed by atoms with Crippen molar-refractivity contribution >= 4 is 0 Å². The minimum absolute atomic E-state index is 0.128. The molecule has 98 valence electrons. The third kappa shape index (κ3) is 8.05. The van der Waals surface area contributed by atoms with Crippen LogP contribution < -0.4 is 5.32 Å². The largest absolute Gasteiger partial charge is 0.395 e. The number of nitrogens with one attached hydrogen (secondary N) is 1. The van der Waals surface area contributed by atoms with Crippen molar-refractivity contribution in [2.24, 2.45) is 5.92 Å². The molecule has 16 heavy (non-hydrogen) atoms. The Morgan fingerprint density at radius 2 is 1.69 bits per heavy atom. The van der Waals surface area contributed by atoms with Crippen LogP contribution in [-0.4, -0.2) is 43.8 Å². The predicted molar refractivity (Wildman–Crippen MR) is 65.4 cm³/mol. The molecular weight excluding hydrogens is 206 g/mol. The predicted octanol–water partition coefficient (Wildman–Crippen LogP) is 1.38. The molecule has 0 amide bonds. The molecule has 0 rings (SSSR count). The van der Waals surface area contributed by atoms with E-state index in [9.17, 15) is 5.11 Å². The van der Waals surface area contributed by atoms with Crippen molar-refractivity contribution in [3.63, 3.8) is 0 Å². The molecule has 1 unspecified atom stereocenters. The summed E-state index contributed by atoms with van der Waals surface area (Å²) in [6, 6.07) is 0.128. The number of aliphatic hydroxyl groups excluding tert-OH is 1. The minimum Gasteiger partial charge on any atom is -0.395 e. The van der Waals surface area contributed by atoms with E-state index in [1.165, 1.54) is 0 Å². The number of hydrogen-bond donors (Lipinski definition) is 2. The first kappa shape index (κ1) is 15.8. The lowest BCUT2D eigenvalue weighted by molar-refractivity contribution is -0.134. The van der Waals surface area contributed by atoms with E-state index in [-0.39, 0.29) is 18.9 Å². The number of rotatable bonds is 10. The van der Waals surface area contributed by atoms with Crippen LogP contribution in [0.2, 0.25) is 0 Å². The smallest absolute Gasteiger partial charge is 0.169 e. The van der Waals surface area contributed by atoms with E-state index >= 15 is 0 Å². The molecule has 1 atom stereocenters. The molecule has 0 fully saturated rings. The first-order chi connectivity index (χ1) is 7.63. The van der Waals surface area contributed by atoms with Gasteiger partial charge in [0.2, 0.25) is 0 Å². The van der Waals surface area contributed by atoms with Gasteiger partial charge in [0.25, 0.3) is 0 Å². The zero-order chi connectivity index (χ0) is 12.4. The maximum Gasteiger partial charge on any atom is 0.169 e. The quantitative estimate of drug-likeness (QED) is 0.560. The SMILES string of the molecule is CCOC(CNC(CO)CC(C)C)OCC. The highest BCUT2D eigenvalue weighted by Gasteiger charge is 2.13. The van der Waals surface area contributed by atoms with Crippen molar-refractivity contribution in [1.82, 2.24) is 5.32 Å². The Bertz CT molecular complexity index is 145. The van der Waals surface area contributed by atoms with Crippen LogP contribution in [0, 0.1) is 5.92 Å². The first-order valence-electron chi connectivity index (χ1n) is 6.21. The van der Waals surface area contributed by atoms with Gasteiger partial charge in [-0.3, -0.25) is 0 Å². The second-order valence-electron chi connectivity index (χ2n) is 4.26. The van der Waals surface area contributed by atoms with Crippen LogP contribution in [0.3, 0.4) is 0 Å². The topological polar surface area (TPSA) is 50.7 Å². The van der Waals surface area contributed by atoms with Gasteiger partial charge >= 0.3 is 0 Å². The Morgan fingerprint density at radius 1 is 1.12 bits per heavy atom. The molecule has 0 bridgehead atoms. The molecule has 0 aliphatic heterocycles. The lowest BCUT2D eigenvalue weighted by Gasteiger charge is -2.22. The van der Waals surface area contributed by atoms with Gasteiger partial charge in [0.15, 0.2) is 6.29 Å². The van der Waals surface area contributed by atoms with E-state index in [1.54, 1.807) is 0 Å². The van der Waals surface area contributed by atoms with Crippen LogP contribution >= 0.6 is 0 Å². The molecule has 4 heteroatoms. The summed E-state index contributed by atoms with van der Waals surface area (Å²) in [6.45, 7) is 10.2. The average Bonchev–Trinajstić information content (AvgIpc) is 2.24. The molecule has 0 aromatic rings. The van der Waals surface area contributed by atoms with E-state index in [0.717, 1.165) is 6.42 Å². The van der Waals surface area contributed by atoms with Gasteiger partial charge in [0.05, 0.1) is 6.61 Å². The summed E-state index contributed by atoms with van der Waals surface area (Å²) in [5.41, 5.74) is 0. The summed E-state index contributed by atoms with van der Waals surface area (Å²) in [5, 5.41) is 12.5. The molecule has 0 spiro atoms. The summed E-state index contributed by atoms with van der Waals surface area (Å²) >= 11 is 0. The fourth-order valence-corrected chi connectivity index (χ4v) is 1.59. The monoisotopic (exact) mass is 233 g/mol. The second-order valence-corrected chi connectivity index (χ2v) is 4.26. The lowest BCUT2D eigenvalue weighted by atomic mass is 10.0. The van der Waals surface area contributed by atoms with Gasteiger partial charge in [0, 0.05) is 25.8 Å². The van der Waals surface area contributed by atoms with Gasteiger partial charge < -0.3 is 19.9 Å². The molecule has 0 saturated carbocycles. The van der Waals surface area contributed by atoms with Gasteiger partial charge in [-0.1, -0.05) is 13.8 Å².